The number of hydrogen-bond donors (Lipinski definition) is 0. The van der Waals surface area contributed by atoms with Gasteiger partial charge in [0.1, 0.15) is 0 Å². The van der Waals surface area contributed by atoms with E-state index in [4.69, 9.17) is 4.74 Å². The van der Waals surface area contributed by atoms with E-state index in [1.165, 1.54) is 11.1 Å². The maximum absolute atomic E-state index is 5.87. The molecular weight excluding hydrogens is 436 g/mol. The van der Waals surface area contributed by atoms with E-state index in [0.717, 1.165) is 11.4 Å². The van der Waals surface area contributed by atoms with Crippen molar-refractivity contribution in [3.63, 3.8) is 0 Å². The molecule has 7 heteroatoms. The molecule has 0 aliphatic heterocycles. The topological polar surface area (TPSA) is 70.7 Å². The van der Waals surface area contributed by atoms with Crippen LogP contribution in [0, 0.1) is 11.8 Å². The van der Waals surface area contributed by atoms with Gasteiger partial charge in [0, 0.05) is 24.2 Å². The number of ether oxygens (including phenoxy) is 1. The second kappa shape index (κ2) is 11.9. The zero-order chi connectivity index (χ0) is 24.6. The first kappa shape index (κ1) is 24.8. The highest BCUT2D eigenvalue weighted by Crippen LogP contribution is 2.31. The van der Waals surface area contributed by atoms with Crippen molar-refractivity contribution >= 4 is 0 Å². The van der Waals surface area contributed by atoms with Gasteiger partial charge in [-0.15, -0.1) is 10.2 Å². The van der Waals surface area contributed by atoms with Crippen LogP contribution in [0.15, 0.2) is 73.1 Å². The largest absolute Gasteiger partial charge is 0.378 e. The van der Waals surface area contributed by atoms with Crippen LogP contribution >= 0.6 is 0 Å². The maximum Gasteiger partial charge on any atom is 0.0904 e. The minimum Gasteiger partial charge on any atom is -0.378 e. The lowest BCUT2D eigenvalue weighted by atomic mass is 9.86. The number of hydrogen-bond acceptors (Lipinski definition) is 5. The molecule has 2 heterocycles. The first-order chi connectivity index (χ1) is 17.0. The van der Waals surface area contributed by atoms with Gasteiger partial charge in [-0.25, -0.2) is 9.36 Å². The number of nitrogens with zero attached hydrogens (tertiary/aromatic N) is 6. The van der Waals surface area contributed by atoms with Gasteiger partial charge in [-0.2, -0.15) is 0 Å². The summed E-state index contributed by atoms with van der Waals surface area (Å²) >= 11 is 0. The molecule has 35 heavy (non-hydrogen) atoms. The number of benzene rings is 2. The Hall–Kier alpha value is -3.32. The molecule has 184 valence electrons. The summed E-state index contributed by atoms with van der Waals surface area (Å²) in [6.45, 7) is 11.4. The van der Waals surface area contributed by atoms with Crippen molar-refractivity contribution in [2.75, 3.05) is 13.2 Å². The van der Waals surface area contributed by atoms with E-state index < -0.39 is 0 Å². The summed E-state index contributed by atoms with van der Waals surface area (Å²) in [6, 6.07) is 21.0. The summed E-state index contributed by atoms with van der Waals surface area (Å²) in [5.74, 6) is 1.34. The van der Waals surface area contributed by atoms with E-state index in [1.807, 2.05) is 33.9 Å². The van der Waals surface area contributed by atoms with E-state index in [9.17, 15) is 0 Å². The third-order valence-electron chi connectivity index (χ3n) is 6.33. The van der Waals surface area contributed by atoms with Gasteiger partial charge in [0.15, 0.2) is 0 Å². The molecule has 0 saturated carbocycles. The summed E-state index contributed by atoms with van der Waals surface area (Å²) < 4.78 is 9.61. The van der Waals surface area contributed by atoms with Crippen LogP contribution < -0.4 is 0 Å². The Morgan fingerprint density at radius 1 is 0.629 bits per heavy atom. The lowest BCUT2D eigenvalue weighted by molar-refractivity contribution is 0.113. The Bertz CT molecular complexity index is 1060. The summed E-state index contributed by atoms with van der Waals surface area (Å²) in [7, 11) is 0. The molecular formula is C28H36N6O. The Morgan fingerprint density at radius 3 is 1.40 bits per heavy atom. The highest BCUT2D eigenvalue weighted by molar-refractivity contribution is 5.28. The molecule has 0 saturated heterocycles. The molecule has 4 rings (SSSR count). The van der Waals surface area contributed by atoms with Crippen molar-refractivity contribution in [3.8, 4) is 0 Å². The molecule has 0 spiro atoms. The monoisotopic (exact) mass is 472 g/mol. The molecule has 2 aromatic heterocycles. The lowest BCUT2D eigenvalue weighted by Gasteiger charge is -2.18. The lowest BCUT2D eigenvalue weighted by Crippen LogP contribution is -2.12. The quantitative estimate of drug-likeness (QED) is 0.266. The summed E-state index contributed by atoms with van der Waals surface area (Å²) in [5, 5.41) is 17.6. The van der Waals surface area contributed by atoms with Crippen LogP contribution in [0.2, 0.25) is 0 Å². The summed E-state index contributed by atoms with van der Waals surface area (Å²) in [5.41, 5.74) is 4.54. The van der Waals surface area contributed by atoms with Crippen molar-refractivity contribution in [2.24, 2.45) is 11.8 Å². The fraction of sp³-hybridized carbons (Fsp3) is 0.429. The van der Waals surface area contributed by atoms with Crippen LogP contribution in [0.1, 0.15) is 62.0 Å². The van der Waals surface area contributed by atoms with E-state index in [2.05, 4.69) is 96.9 Å². The highest BCUT2D eigenvalue weighted by Gasteiger charge is 2.22. The molecule has 0 aliphatic rings. The standard InChI is InChI=1S/C28H36N6O/c1-21(2)27(23-11-7-5-8-12-23)25-19-33(31-29-25)15-17-35-18-16-34-20-26(30-32-34)28(22(3)4)24-13-9-6-10-14-24/h5-14,19-22,27-28H,15-18H2,1-4H3. The number of aromatic nitrogens is 6. The zero-order valence-corrected chi connectivity index (χ0v) is 21.2. The van der Waals surface area contributed by atoms with Gasteiger partial charge in [-0.1, -0.05) is 98.8 Å². The van der Waals surface area contributed by atoms with Crippen molar-refractivity contribution in [3.05, 3.63) is 95.6 Å². The molecule has 4 aromatic rings. The average molecular weight is 473 g/mol. The van der Waals surface area contributed by atoms with Gasteiger partial charge in [0.25, 0.3) is 0 Å². The van der Waals surface area contributed by atoms with Gasteiger partial charge in [-0.3, -0.25) is 0 Å². The Balaban J connectivity index is 1.26. The van der Waals surface area contributed by atoms with Crippen molar-refractivity contribution in [1.29, 1.82) is 0 Å². The Labute approximate surface area is 208 Å². The van der Waals surface area contributed by atoms with Crippen molar-refractivity contribution in [2.45, 2.75) is 52.6 Å². The molecule has 0 bridgehead atoms. The van der Waals surface area contributed by atoms with Crippen LogP contribution in [0.4, 0.5) is 0 Å². The minimum absolute atomic E-state index is 0.234. The second-order valence-electron chi connectivity index (χ2n) is 9.69. The molecule has 0 radical (unpaired) electrons. The van der Waals surface area contributed by atoms with Crippen molar-refractivity contribution in [1.82, 2.24) is 30.0 Å². The SMILES string of the molecule is CC(C)C(c1ccccc1)c1cn(CCOCCn2cc(C(c3ccccc3)C(C)C)nn2)nn1. The van der Waals surface area contributed by atoms with E-state index in [0.29, 0.717) is 38.1 Å². The fourth-order valence-electron chi connectivity index (χ4n) is 4.66. The van der Waals surface area contributed by atoms with E-state index in [1.54, 1.807) is 0 Å². The van der Waals surface area contributed by atoms with Gasteiger partial charge < -0.3 is 4.74 Å². The van der Waals surface area contributed by atoms with E-state index >= 15 is 0 Å². The molecule has 0 fully saturated rings. The van der Waals surface area contributed by atoms with Gasteiger partial charge >= 0.3 is 0 Å². The molecule has 2 atom stereocenters. The predicted octanol–water partition coefficient (Wildman–Crippen LogP) is 5.16. The smallest absolute Gasteiger partial charge is 0.0904 e. The third kappa shape index (κ3) is 6.42. The fourth-order valence-corrected chi connectivity index (χ4v) is 4.66. The van der Waals surface area contributed by atoms with Crippen LogP contribution in [0.25, 0.3) is 0 Å². The minimum atomic E-state index is 0.234. The van der Waals surface area contributed by atoms with Gasteiger partial charge in [0.05, 0.1) is 37.7 Å². The van der Waals surface area contributed by atoms with Crippen LogP contribution in [0.3, 0.4) is 0 Å². The molecule has 7 nitrogen and oxygen atoms in total. The Kier molecular flexibility index (Phi) is 8.42. The first-order valence-corrected chi connectivity index (χ1v) is 12.5. The molecule has 2 unspecified atom stereocenters. The second-order valence-corrected chi connectivity index (χ2v) is 9.69. The predicted molar refractivity (Wildman–Crippen MR) is 137 cm³/mol. The normalized spacial score (nSPS) is 13.4. The maximum atomic E-state index is 5.87. The molecule has 0 aliphatic carbocycles. The van der Waals surface area contributed by atoms with Crippen LogP contribution in [-0.2, 0) is 17.8 Å². The highest BCUT2D eigenvalue weighted by atomic mass is 16.5. The molecule has 2 aromatic carbocycles. The van der Waals surface area contributed by atoms with Crippen LogP contribution in [-0.4, -0.2) is 43.2 Å². The first-order valence-electron chi connectivity index (χ1n) is 12.5. The average Bonchev–Trinajstić information content (AvgIpc) is 3.50. The van der Waals surface area contributed by atoms with Gasteiger partial charge in [0.2, 0.25) is 0 Å². The van der Waals surface area contributed by atoms with Gasteiger partial charge in [-0.05, 0) is 23.0 Å². The number of rotatable bonds is 12. The van der Waals surface area contributed by atoms with Crippen molar-refractivity contribution < 1.29 is 4.74 Å². The summed E-state index contributed by atoms with van der Waals surface area (Å²) in [6.07, 6.45) is 4.08. The summed E-state index contributed by atoms with van der Waals surface area (Å²) in [4.78, 5) is 0. The Morgan fingerprint density at radius 2 is 1.03 bits per heavy atom. The zero-order valence-electron chi connectivity index (χ0n) is 21.2. The third-order valence-corrected chi connectivity index (χ3v) is 6.33. The van der Waals surface area contributed by atoms with E-state index in [-0.39, 0.29) is 11.8 Å². The van der Waals surface area contributed by atoms with Crippen LogP contribution in [0.5, 0.6) is 0 Å². The molecule has 0 amide bonds. The molecule has 0 N–H and O–H groups in total.